The van der Waals surface area contributed by atoms with Crippen molar-refractivity contribution in [1.82, 2.24) is 35.1 Å². The van der Waals surface area contributed by atoms with Crippen LogP contribution in [0.3, 0.4) is 0 Å². The van der Waals surface area contributed by atoms with E-state index in [0.29, 0.717) is 32.0 Å². The molecule has 3 aliphatic heterocycles. The Balaban J connectivity index is 0.969. The molecule has 3 N–H and O–H groups in total. The van der Waals surface area contributed by atoms with Crippen LogP contribution in [0, 0.1) is 5.92 Å². The Bertz CT molecular complexity index is 2300. The van der Waals surface area contributed by atoms with E-state index in [4.69, 9.17) is 23.9 Å². The number of imidazole rings is 2. The molecule has 14 nitrogen and oxygen atoms in total. The molecule has 3 aromatic carbocycles. The van der Waals surface area contributed by atoms with Gasteiger partial charge >= 0.3 is 12.2 Å². The monoisotopic (exact) mass is 789 g/mol. The Kier molecular flexibility index (Phi) is 10.5. The van der Waals surface area contributed by atoms with Crippen molar-refractivity contribution in [3.05, 3.63) is 84.7 Å². The average molecular weight is 790 g/mol. The average Bonchev–Trinajstić information content (AvgIpc) is 4.06. The summed E-state index contributed by atoms with van der Waals surface area (Å²) < 4.78 is 22.5. The SMILES string of the molecule is COC(=O)NC(C(=O)N1CC2(CC1c1ncc(-c3ccc(-c4ccc5cc(-c6cnc(C7CCCN7C(=O)OC(C)(C)C)[nH]6)ccc5c4)cc3)[nH]1)OCCO2)C(C)C. The Labute approximate surface area is 337 Å². The number of aromatic amines is 2. The first-order valence-electron chi connectivity index (χ1n) is 20.0. The second-order valence-corrected chi connectivity index (χ2v) is 16.7. The van der Waals surface area contributed by atoms with Crippen molar-refractivity contribution in [2.75, 3.05) is 33.4 Å². The molecule has 0 aliphatic carbocycles. The number of methoxy groups -OCH3 is 1. The minimum absolute atomic E-state index is 0.142. The van der Waals surface area contributed by atoms with E-state index >= 15 is 0 Å². The maximum Gasteiger partial charge on any atom is 0.410 e. The highest BCUT2D eigenvalue weighted by Gasteiger charge is 2.52. The molecule has 0 bridgehead atoms. The van der Waals surface area contributed by atoms with Crippen molar-refractivity contribution < 1.29 is 33.3 Å². The smallest absolute Gasteiger partial charge is 0.410 e. The highest BCUT2D eigenvalue weighted by atomic mass is 16.7. The molecule has 3 aliphatic rings. The lowest BCUT2D eigenvalue weighted by Crippen LogP contribution is -2.52. The maximum absolute atomic E-state index is 14.0. The predicted octanol–water partition coefficient (Wildman–Crippen LogP) is 7.76. The van der Waals surface area contributed by atoms with Gasteiger partial charge in [-0.05, 0) is 79.1 Å². The fourth-order valence-electron chi connectivity index (χ4n) is 8.23. The van der Waals surface area contributed by atoms with Gasteiger partial charge in [0.25, 0.3) is 0 Å². The van der Waals surface area contributed by atoms with Crippen LogP contribution in [0.2, 0.25) is 0 Å². The summed E-state index contributed by atoms with van der Waals surface area (Å²) in [5.41, 5.74) is 5.29. The molecule has 304 valence electrons. The van der Waals surface area contributed by atoms with Gasteiger partial charge in [-0.15, -0.1) is 0 Å². The van der Waals surface area contributed by atoms with Crippen molar-refractivity contribution in [1.29, 1.82) is 0 Å². The first-order valence-corrected chi connectivity index (χ1v) is 20.0. The minimum atomic E-state index is -0.923. The second-order valence-electron chi connectivity index (χ2n) is 16.7. The third-order valence-electron chi connectivity index (χ3n) is 11.2. The van der Waals surface area contributed by atoms with Gasteiger partial charge in [0.1, 0.15) is 23.3 Å². The molecule has 3 saturated heterocycles. The number of aromatic nitrogens is 4. The van der Waals surface area contributed by atoms with E-state index in [1.54, 1.807) is 16.0 Å². The van der Waals surface area contributed by atoms with Gasteiger partial charge in [0.15, 0.2) is 5.79 Å². The second kappa shape index (κ2) is 15.6. The van der Waals surface area contributed by atoms with Crippen molar-refractivity contribution in [3.63, 3.8) is 0 Å². The third-order valence-corrected chi connectivity index (χ3v) is 11.2. The minimum Gasteiger partial charge on any atom is -0.453 e. The molecule has 3 atom stereocenters. The van der Waals surface area contributed by atoms with Gasteiger partial charge in [-0.25, -0.2) is 19.6 Å². The number of hydrogen-bond donors (Lipinski definition) is 3. The number of ether oxygens (including phenoxy) is 4. The Morgan fingerprint density at radius 3 is 2.05 bits per heavy atom. The normalized spacial score (nSPS) is 19.6. The summed E-state index contributed by atoms with van der Waals surface area (Å²) in [6, 6.07) is 19.7. The van der Waals surface area contributed by atoms with Crippen molar-refractivity contribution in [2.24, 2.45) is 5.92 Å². The number of nitrogens with one attached hydrogen (secondary N) is 3. The van der Waals surface area contributed by atoms with E-state index in [1.807, 2.05) is 40.8 Å². The number of alkyl carbamates (subject to hydrolysis) is 1. The lowest BCUT2D eigenvalue weighted by atomic mass is 9.98. The number of carbonyl (C=O) groups is 3. The van der Waals surface area contributed by atoms with Crippen molar-refractivity contribution in [2.45, 2.75) is 83.4 Å². The van der Waals surface area contributed by atoms with E-state index in [0.717, 1.165) is 63.1 Å². The number of H-pyrrole nitrogens is 2. The summed E-state index contributed by atoms with van der Waals surface area (Å²) in [7, 11) is 1.28. The summed E-state index contributed by atoms with van der Waals surface area (Å²) >= 11 is 0. The fraction of sp³-hybridized carbons (Fsp3) is 0.432. The van der Waals surface area contributed by atoms with Gasteiger partial charge in [0, 0.05) is 18.5 Å². The largest absolute Gasteiger partial charge is 0.453 e. The molecule has 3 fully saturated rings. The third kappa shape index (κ3) is 7.90. The van der Waals surface area contributed by atoms with Gasteiger partial charge in [0.05, 0.1) is 62.7 Å². The van der Waals surface area contributed by atoms with E-state index in [1.165, 1.54) is 7.11 Å². The van der Waals surface area contributed by atoms with Crippen molar-refractivity contribution in [3.8, 4) is 33.6 Å². The molecule has 3 amide bonds. The Morgan fingerprint density at radius 2 is 1.41 bits per heavy atom. The first-order chi connectivity index (χ1) is 27.8. The zero-order valence-electron chi connectivity index (χ0n) is 33.8. The molecule has 5 heterocycles. The quantitative estimate of drug-likeness (QED) is 0.143. The molecule has 0 saturated carbocycles. The van der Waals surface area contributed by atoms with Crippen LogP contribution in [0.25, 0.3) is 44.4 Å². The molecule has 1 spiro atoms. The topological polar surface area (TPSA) is 164 Å². The van der Waals surface area contributed by atoms with E-state index in [2.05, 4.69) is 80.9 Å². The van der Waals surface area contributed by atoms with E-state index < -0.39 is 29.6 Å². The number of fused-ring (bicyclic) bond motifs is 1. The van der Waals surface area contributed by atoms with Crippen LogP contribution in [0.15, 0.2) is 73.1 Å². The highest BCUT2D eigenvalue weighted by molar-refractivity contribution is 5.91. The van der Waals surface area contributed by atoms with E-state index in [-0.39, 0.29) is 30.5 Å². The predicted molar refractivity (Wildman–Crippen MR) is 217 cm³/mol. The lowest BCUT2D eigenvalue weighted by molar-refractivity contribution is -0.153. The van der Waals surface area contributed by atoms with Gasteiger partial charge in [-0.2, -0.15) is 0 Å². The first kappa shape index (κ1) is 39.1. The van der Waals surface area contributed by atoms with Crippen LogP contribution < -0.4 is 5.32 Å². The molecule has 14 heteroatoms. The zero-order chi connectivity index (χ0) is 40.8. The molecule has 58 heavy (non-hydrogen) atoms. The standard InChI is InChI=1S/C44H51N7O7/c1-26(2)37(49-41(53)55-6)40(52)51-25-44(56-18-19-57-44)22-36(51)39-46-23-33(47-39)28-11-9-27(10-12-28)29-13-14-31-21-32(16-15-30(31)20-29)34-24-45-38(48-34)35-8-7-17-50(35)42(54)58-43(3,4)5/h9-16,20-21,23-24,26,35-37H,7-8,17-19,22,25H2,1-6H3,(H,45,48)(H,46,47)(H,49,53). The molecular formula is C44H51N7O7. The van der Waals surface area contributed by atoms with Crippen LogP contribution in [-0.4, -0.2) is 98.7 Å². The number of rotatable bonds is 8. The van der Waals surface area contributed by atoms with Crippen LogP contribution in [0.1, 0.15) is 77.6 Å². The number of amides is 3. The molecule has 2 aromatic heterocycles. The summed E-state index contributed by atoms with van der Waals surface area (Å²) in [6.45, 7) is 11.2. The van der Waals surface area contributed by atoms with E-state index in [9.17, 15) is 14.4 Å². The Morgan fingerprint density at radius 1 is 0.828 bits per heavy atom. The number of nitrogens with zero attached hydrogens (tertiary/aromatic N) is 4. The van der Waals surface area contributed by atoms with Crippen LogP contribution in [-0.2, 0) is 23.7 Å². The van der Waals surface area contributed by atoms with Gasteiger partial charge < -0.3 is 39.1 Å². The molecule has 3 unspecified atom stereocenters. The van der Waals surface area contributed by atoms with Gasteiger partial charge in [0.2, 0.25) is 5.91 Å². The summed E-state index contributed by atoms with van der Waals surface area (Å²) in [5.74, 6) is 0.0290. The zero-order valence-corrected chi connectivity index (χ0v) is 33.8. The highest BCUT2D eigenvalue weighted by Crippen LogP contribution is 2.43. The van der Waals surface area contributed by atoms with Crippen molar-refractivity contribution >= 4 is 28.9 Å². The molecule has 8 rings (SSSR count). The summed E-state index contributed by atoms with van der Waals surface area (Å²) in [6.07, 6.45) is 4.80. The van der Waals surface area contributed by atoms with Gasteiger partial charge in [-0.1, -0.05) is 62.4 Å². The lowest BCUT2D eigenvalue weighted by Gasteiger charge is -2.30. The number of hydrogen-bond acceptors (Lipinski definition) is 9. The summed E-state index contributed by atoms with van der Waals surface area (Å²) in [4.78, 5) is 58.8. The number of benzene rings is 3. The summed E-state index contributed by atoms with van der Waals surface area (Å²) in [5, 5.41) is 4.91. The van der Waals surface area contributed by atoms with Crippen LogP contribution >= 0.6 is 0 Å². The Hall–Kier alpha value is -5.73. The number of likely N-dealkylation sites (tertiary alicyclic amines) is 2. The fourth-order valence-corrected chi connectivity index (χ4v) is 8.23. The maximum atomic E-state index is 14.0. The molecule has 5 aromatic rings. The van der Waals surface area contributed by atoms with Gasteiger partial charge in [-0.3, -0.25) is 9.69 Å². The van der Waals surface area contributed by atoms with Crippen LogP contribution in [0.4, 0.5) is 9.59 Å². The molecule has 0 radical (unpaired) electrons. The van der Waals surface area contributed by atoms with Crippen LogP contribution in [0.5, 0.6) is 0 Å². The molecular weight excluding hydrogens is 739 g/mol. The number of carbonyl (C=O) groups excluding carboxylic acids is 3.